The highest BCUT2D eigenvalue weighted by molar-refractivity contribution is 5.91. The third-order valence-corrected chi connectivity index (χ3v) is 7.35. The zero-order valence-corrected chi connectivity index (χ0v) is 25.4. The molecule has 0 aromatic heterocycles. The quantitative estimate of drug-likeness (QED) is 0.0824. The van der Waals surface area contributed by atoms with E-state index in [1.165, 1.54) is 0 Å². The number of hydrogen-bond acceptors (Lipinski definition) is 9. The van der Waals surface area contributed by atoms with Gasteiger partial charge >= 0.3 is 17.9 Å². The highest BCUT2D eigenvalue weighted by atomic mass is 16.6. The van der Waals surface area contributed by atoms with Crippen LogP contribution in [0.3, 0.4) is 0 Å². The predicted octanol–water partition coefficient (Wildman–Crippen LogP) is 6.18. The smallest absolute Gasteiger partial charge is 0.343 e. The molecule has 0 saturated heterocycles. The van der Waals surface area contributed by atoms with E-state index in [2.05, 4.69) is 20.1 Å². The lowest BCUT2D eigenvalue weighted by molar-refractivity contribution is -0.140. The minimum atomic E-state index is -0.650. The zero-order chi connectivity index (χ0) is 32.2. The predicted molar refractivity (Wildman–Crippen MR) is 169 cm³/mol. The Kier molecular flexibility index (Phi) is 11.9. The molecule has 4 rings (SSSR count). The molecule has 9 heteroatoms. The highest BCUT2D eigenvalue weighted by Gasteiger charge is 2.27. The second-order valence-electron chi connectivity index (χ2n) is 10.5. The molecule has 236 valence electrons. The number of carbonyl (C=O) groups excluding carboxylic acids is 3. The lowest BCUT2D eigenvalue weighted by atomic mass is 9.99. The monoisotopic (exact) mass is 614 g/mol. The Morgan fingerprint density at radius 2 is 1.36 bits per heavy atom. The van der Waals surface area contributed by atoms with E-state index >= 15 is 0 Å². The fraction of sp³-hybridized carbons (Fsp3) is 0.306. The van der Waals surface area contributed by atoms with Gasteiger partial charge in [-0.15, -0.1) is 0 Å². The zero-order valence-electron chi connectivity index (χ0n) is 25.4. The van der Waals surface area contributed by atoms with Gasteiger partial charge in [0.15, 0.2) is 0 Å². The van der Waals surface area contributed by atoms with E-state index in [-0.39, 0.29) is 24.7 Å². The fourth-order valence-corrected chi connectivity index (χ4v) is 4.90. The fourth-order valence-electron chi connectivity index (χ4n) is 4.90. The molecule has 0 bridgehead atoms. The normalized spacial score (nSPS) is 12.8. The van der Waals surface area contributed by atoms with Crippen LogP contribution in [-0.4, -0.2) is 56.0 Å². The van der Waals surface area contributed by atoms with Gasteiger partial charge in [-0.05, 0) is 96.5 Å². The van der Waals surface area contributed by atoms with E-state index in [0.29, 0.717) is 36.0 Å². The number of hydrogen-bond donors (Lipinski definition) is 1. The van der Waals surface area contributed by atoms with Crippen molar-refractivity contribution in [2.75, 3.05) is 33.0 Å². The van der Waals surface area contributed by atoms with Gasteiger partial charge in [-0.25, -0.2) is 14.4 Å². The van der Waals surface area contributed by atoms with Gasteiger partial charge in [0.1, 0.15) is 30.5 Å². The van der Waals surface area contributed by atoms with Gasteiger partial charge in [-0.1, -0.05) is 32.2 Å². The molecular weight excluding hydrogens is 576 g/mol. The molecule has 1 N–H and O–H groups in total. The van der Waals surface area contributed by atoms with Crippen LogP contribution in [-0.2, 0) is 19.1 Å². The summed E-state index contributed by atoms with van der Waals surface area (Å²) in [4.78, 5) is 35.5. The Labute approximate surface area is 263 Å². The summed E-state index contributed by atoms with van der Waals surface area (Å²) in [6.07, 6.45) is 4.72. The topological polar surface area (TPSA) is 118 Å². The van der Waals surface area contributed by atoms with Crippen LogP contribution in [0.15, 0.2) is 85.5 Å². The van der Waals surface area contributed by atoms with Gasteiger partial charge < -0.3 is 28.8 Å². The van der Waals surface area contributed by atoms with Crippen molar-refractivity contribution in [3.63, 3.8) is 0 Å². The number of rotatable bonds is 17. The summed E-state index contributed by atoms with van der Waals surface area (Å²) in [5.41, 5.74) is 4.69. The molecule has 1 aliphatic rings. The van der Waals surface area contributed by atoms with Crippen LogP contribution < -0.4 is 14.2 Å². The lowest BCUT2D eigenvalue weighted by Crippen LogP contribution is -2.15. The van der Waals surface area contributed by atoms with Crippen LogP contribution in [0, 0.1) is 0 Å². The second-order valence-corrected chi connectivity index (χ2v) is 10.5. The largest absolute Gasteiger partial charge is 0.494 e. The van der Waals surface area contributed by atoms with Gasteiger partial charge in [0, 0.05) is 12.0 Å². The van der Waals surface area contributed by atoms with Crippen molar-refractivity contribution in [3.8, 4) is 28.4 Å². The maximum absolute atomic E-state index is 12.9. The van der Waals surface area contributed by atoms with Crippen LogP contribution in [0.2, 0.25) is 0 Å². The molecule has 0 fully saturated rings. The van der Waals surface area contributed by atoms with Gasteiger partial charge in [0.2, 0.25) is 0 Å². The van der Waals surface area contributed by atoms with Gasteiger partial charge in [-0.2, -0.15) is 0 Å². The average molecular weight is 615 g/mol. The standard InChI is InChI=1S/C36H38O9/c1-4-34(38)43-18-8-6-5-7-17-41-27-11-9-26(10-12-27)36(40)45-29-14-16-31-30-15-13-28(21-32(30)25(3)33(31)22-29)42-19-20-44-35(39)24(2)23-37/h4,9-16,21-22,25,37H,1-2,5-8,17-20,23H2,3H3. The van der Waals surface area contributed by atoms with Gasteiger partial charge in [-0.3, -0.25) is 0 Å². The molecule has 0 heterocycles. The van der Waals surface area contributed by atoms with Crippen LogP contribution in [0.1, 0.15) is 60.0 Å². The number of unbranched alkanes of at least 4 members (excludes halogenated alkanes) is 3. The Morgan fingerprint density at radius 3 is 2.02 bits per heavy atom. The molecule has 0 amide bonds. The Balaban J connectivity index is 1.24. The third kappa shape index (κ3) is 9.06. The first-order chi connectivity index (χ1) is 21.8. The molecule has 0 spiro atoms. The van der Waals surface area contributed by atoms with E-state index < -0.39 is 24.5 Å². The molecule has 9 nitrogen and oxygen atoms in total. The summed E-state index contributed by atoms with van der Waals surface area (Å²) in [5, 5.41) is 8.95. The average Bonchev–Trinajstić information content (AvgIpc) is 3.33. The van der Waals surface area contributed by atoms with Crippen molar-refractivity contribution < 1.29 is 43.2 Å². The minimum Gasteiger partial charge on any atom is -0.494 e. The molecule has 1 aliphatic carbocycles. The van der Waals surface area contributed by atoms with Crippen molar-refractivity contribution in [1.29, 1.82) is 0 Å². The Bertz CT molecular complexity index is 1520. The number of fused-ring (bicyclic) bond motifs is 3. The third-order valence-electron chi connectivity index (χ3n) is 7.35. The SMILES string of the molecule is C=CC(=O)OCCCCCCOc1ccc(C(=O)Oc2ccc3c(c2)C(C)c2cc(OCCOC(=O)C(=C)CO)ccc2-3)cc1. The van der Waals surface area contributed by atoms with Crippen molar-refractivity contribution >= 4 is 17.9 Å². The number of esters is 3. The summed E-state index contributed by atoms with van der Waals surface area (Å²) >= 11 is 0. The van der Waals surface area contributed by atoms with Gasteiger partial charge in [0.05, 0.1) is 31.0 Å². The van der Waals surface area contributed by atoms with E-state index in [9.17, 15) is 14.4 Å². The number of ether oxygens (including phenoxy) is 5. The van der Waals surface area contributed by atoms with E-state index in [1.807, 2.05) is 30.3 Å². The van der Waals surface area contributed by atoms with Crippen LogP contribution >= 0.6 is 0 Å². The van der Waals surface area contributed by atoms with E-state index in [1.54, 1.807) is 30.3 Å². The second kappa shape index (κ2) is 16.3. The number of benzene rings is 3. The number of aliphatic hydroxyl groups is 1. The van der Waals surface area contributed by atoms with Gasteiger partial charge in [0.25, 0.3) is 0 Å². The molecule has 3 aromatic carbocycles. The first kappa shape index (κ1) is 33.0. The van der Waals surface area contributed by atoms with Crippen LogP contribution in [0.5, 0.6) is 17.2 Å². The summed E-state index contributed by atoms with van der Waals surface area (Å²) in [7, 11) is 0. The van der Waals surface area contributed by atoms with Crippen LogP contribution in [0.4, 0.5) is 0 Å². The molecule has 45 heavy (non-hydrogen) atoms. The first-order valence-electron chi connectivity index (χ1n) is 14.9. The summed E-state index contributed by atoms with van der Waals surface area (Å²) in [6, 6.07) is 18.3. The Hall–Kier alpha value is -4.89. The van der Waals surface area contributed by atoms with Crippen molar-refractivity contribution in [1.82, 2.24) is 0 Å². The summed E-state index contributed by atoms with van der Waals surface area (Å²) in [5.74, 6) is 0.323. The van der Waals surface area contributed by atoms with E-state index in [4.69, 9.17) is 28.8 Å². The molecule has 3 aromatic rings. The molecule has 1 atom stereocenters. The molecular formula is C36H38O9. The Morgan fingerprint density at radius 1 is 0.756 bits per heavy atom. The summed E-state index contributed by atoms with van der Waals surface area (Å²) < 4.78 is 27.2. The van der Waals surface area contributed by atoms with Crippen molar-refractivity contribution in [3.05, 3.63) is 102 Å². The number of carbonyl (C=O) groups is 3. The molecule has 1 unspecified atom stereocenters. The van der Waals surface area contributed by atoms with Crippen LogP contribution in [0.25, 0.3) is 11.1 Å². The highest BCUT2D eigenvalue weighted by Crippen LogP contribution is 2.47. The molecule has 0 aliphatic heterocycles. The lowest BCUT2D eigenvalue weighted by Gasteiger charge is -2.11. The maximum Gasteiger partial charge on any atom is 0.343 e. The van der Waals surface area contributed by atoms with Crippen molar-refractivity contribution in [2.24, 2.45) is 0 Å². The minimum absolute atomic E-state index is 0.00521. The molecule has 0 radical (unpaired) electrons. The van der Waals surface area contributed by atoms with Crippen molar-refractivity contribution in [2.45, 2.75) is 38.5 Å². The molecule has 0 saturated carbocycles. The van der Waals surface area contributed by atoms with E-state index in [0.717, 1.165) is 54.0 Å². The first-order valence-corrected chi connectivity index (χ1v) is 14.9. The summed E-state index contributed by atoms with van der Waals surface area (Å²) in [6.45, 7) is 9.58. The maximum atomic E-state index is 12.9. The number of aliphatic hydroxyl groups excluding tert-OH is 1.